The summed E-state index contributed by atoms with van der Waals surface area (Å²) >= 11 is 1.38. The molecule has 0 spiro atoms. The number of carbonyl (C=O) groups excluding carboxylic acids is 1. The van der Waals surface area contributed by atoms with Crippen LogP contribution in [-0.2, 0) is 9.53 Å². The zero-order valence-electron chi connectivity index (χ0n) is 15.5. The first kappa shape index (κ1) is 18.9. The zero-order valence-corrected chi connectivity index (χ0v) is 16.3. The highest BCUT2D eigenvalue weighted by molar-refractivity contribution is 7.17. The number of esters is 1. The van der Waals surface area contributed by atoms with Gasteiger partial charge in [-0.3, -0.25) is 9.36 Å². The van der Waals surface area contributed by atoms with Crippen molar-refractivity contribution in [2.24, 2.45) is 0 Å². The second kappa shape index (κ2) is 7.79. The van der Waals surface area contributed by atoms with Crippen LogP contribution in [-0.4, -0.2) is 36.8 Å². The van der Waals surface area contributed by atoms with Crippen molar-refractivity contribution in [3.63, 3.8) is 0 Å². The van der Waals surface area contributed by atoms with Crippen LogP contribution in [0.15, 0.2) is 34.7 Å². The van der Waals surface area contributed by atoms with Crippen molar-refractivity contribution < 1.29 is 19.0 Å². The molecular weight excluding hydrogens is 368 g/mol. The molecule has 27 heavy (non-hydrogen) atoms. The molecule has 0 saturated carbocycles. The number of benzene rings is 1. The van der Waals surface area contributed by atoms with E-state index in [0.29, 0.717) is 28.1 Å². The molecule has 142 valence electrons. The molecule has 0 aliphatic carbocycles. The highest BCUT2D eigenvalue weighted by Gasteiger charge is 2.23. The molecule has 0 N–H and O–H groups in total. The predicted octanol–water partition coefficient (Wildman–Crippen LogP) is 3.27. The molecule has 3 aromatic rings. The standard InChI is InChI=1S/C19H20N2O5S/c1-5-13(19(23)26-4)21-10-20-17-16(18(21)22)12(9-27-17)11-6-7-14(24-2)15(8-11)25-3/h6-10,13H,5H2,1-4H3/t13-/m0/s1. The number of thiophene rings is 1. The molecule has 0 aliphatic rings. The Morgan fingerprint density at radius 2 is 1.96 bits per heavy atom. The number of hydrogen-bond acceptors (Lipinski definition) is 7. The largest absolute Gasteiger partial charge is 0.493 e. The molecule has 1 atom stereocenters. The van der Waals surface area contributed by atoms with Gasteiger partial charge in [0.1, 0.15) is 10.9 Å². The van der Waals surface area contributed by atoms with Crippen LogP contribution in [0.5, 0.6) is 11.5 Å². The highest BCUT2D eigenvalue weighted by Crippen LogP contribution is 2.36. The summed E-state index contributed by atoms with van der Waals surface area (Å²) in [6.07, 6.45) is 1.83. The Bertz CT molecular complexity index is 1040. The Morgan fingerprint density at radius 3 is 2.59 bits per heavy atom. The molecule has 2 aromatic heterocycles. The smallest absolute Gasteiger partial charge is 0.329 e. The van der Waals surface area contributed by atoms with Gasteiger partial charge in [-0.15, -0.1) is 11.3 Å². The molecule has 0 bridgehead atoms. The second-order valence-corrected chi connectivity index (χ2v) is 6.66. The molecule has 8 heteroatoms. The van der Waals surface area contributed by atoms with Crippen LogP contribution in [0.1, 0.15) is 19.4 Å². The molecule has 0 saturated heterocycles. The van der Waals surface area contributed by atoms with Crippen LogP contribution >= 0.6 is 11.3 Å². The lowest BCUT2D eigenvalue weighted by Crippen LogP contribution is -2.30. The number of hydrogen-bond donors (Lipinski definition) is 0. The number of aromatic nitrogens is 2. The van der Waals surface area contributed by atoms with E-state index in [1.165, 1.54) is 29.3 Å². The van der Waals surface area contributed by atoms with E-state index in [9.17, 15) is 9.59 Å². The number of fused-ring (bicyclic) bond motifs is 1. The predicted molar refractivity (Wildman–Crippen MR) is 104 cm³/mol. The molecule has 2 heterocycles. The van der Waals surface area contributed by atoms with Crippen molar-refractivity contribution in [2.75, 3.05) is 21.3 Å². The van der Waals surface area contributed by atoms with Gasteiger partial charge >= 0.3 is 5.97 Å². The highest BCUT2D eigenvalue weighted by atomic mass is 32.1. The summed E-state index contributed by atoms with van der Waals surface area (Å²) in [5.74, 6) is 0.705. The van der Waals surface area contributed by atoms with E-state index in [4.69, 9.17) is 14.2 Å². The number of rotatable bonds is 6. The Labute approximate surface area is 160 Å². The van der Waals surface area contributed by atoms with E-state index in [1.54, 1.807) is 20.3 Å². The van der Waals surface area contributed by atoms with Crippen LogP contribution in [0.4, 0.5) is 0 Å². The van der Waals surface area contributed by atoms with Crippen molar-refractivity contribution in [1.29, 1.82) is 0 Å². The molecule has 1 aromatic carbocycles. The number of ether oxygens (including phenoxy) is 3. The van der Waals surface area contributed by atoms with Gasteiger partial charge in [0, 0.05) is 10.9 Å². The fraction of sp³-hybridized carbons (Fsp3) is 0.316. The zero-order chi connectivity index (χ0) is 19.6. The average Bonchev–Trinajstić information content (AvgIpc) is 3.14. The SMILES string of the molecule is CC[C@@H](C(=O)OC)n1cnc2scc(-c3ccc(OC)c(OC)c3)c2c1=O. The third kappa shape index (κ3) is 3.28. The summed E-state index contributed by atoms with van der Waals surface area (Å²) in [7, 11) is 4.43. The van der Waals surface area contributed by atoms with Gasteiger partial charge in [0.25, 0.3) is 5.56 Å². The van der Waals surface area contributed by atoms with E-state index in [1.807, 2.05) is 24.4 Å². The molecule has 7 nitrogen and oxygen atoms in total. The summed E-state index contributed by atoms with van der Waals surface area (Å²) < 4.78 is 16.8. The summed E-state index contributed by atoms with van der Waals surface area (Å²) in [4.78, 5) is 30.2. The lowest BCUT2D eigenvalue weighted by molar-refractivity contribution is -0.144. The van der Waals surface area contributed by atoms with Crippen LogP contribution in [0.25, 0.3) is 21.3 Å². The van der Waals surface area contributed by atoms with Crippen molar-refractivity contribution >= 4 is 27.5 Å². The summed E-state index contributed by atoms with van der Waals surface area (Å²) in [5.41, 5.74) is 1.27. The maximum Gasteiger partial charge on any atom is 0.329 e. The minimum absolute atomic E-state index is 0.275. The Kier molecular flexibility index (Phi) is 5.46. The normalized spacial score (nSPS) is 12.0. The molecule has 0 unspecified atom stereocenters. The molecule has 0 fully saturated rings. The van der Waals surface area contributed by atoms with Crippen LogP contribution < -0.4 is 15.0 Å². The molecule has 0 radical (unpaired) electrons. The molecular formula is C19H20N2O5S. The van der Waals surface area contributed by atoms with Crippen molar-refractivity contribution in [2.45, 2.75) is 19.4 Å². The fourth-order valence-corrected chi connectivity index (χ4v) is 3.90. The van der Waals surface area contributed by atoms with Gasteiger partial charge in [-0.1, -0.05) is 13.0 Å². The lowest BCUT2D eigenvalue weighted by atomic mass is 10.1. The minimum atomic E-state index is -0.711. The number of carbonyl (C=O) groups is 1. The first-order valence-electron chi connectivity index (χ1n) is 8.34. The van der Waals surface area contributed by atoms with E-state index in [2.05, 4.69) is 4.98 Å². The first-order valence-corrected chi connectivity index (χ1v) is 9.22. The average molecular weight is 388 g/mol. The minimum Gasteiger partial charge on any atom is -0.493 e. The molecule has 3 rings (SSSR count). The van der Waals surface area contributed by atoms with Gasteiger partial charge in [0.05, 0.1) is 33.0 Å². The lowest BCUT2D eigenvalue weighted by Gasteiger charge is -2.15. The van der Waals surface area contributed by atoms with Crippen molar-refractivity contribution in [1.82, 2.24) is 9.55 Å². The number of methoxy groups -OCH3 is 3. The van der Waals surface area contributed by atoms with Crippen LogP contribution in [0.3, 0.4) is 0 Å². The summed E-state index contributed by atoms with van der Waals surface area (Å²) in [5, 5.41) is 2.35. The third-order valence-corrected chi connectivity index (χ3v) is 5.30. The monoisotopic (exact) mass is 388 g/mol. The van der Waals surface area contributed by atoms with Gasteiger partial charge in [-0.05, 0) is 24.1 Å². The van der Waals surface area contributed by atoms with Crippen LogP contribution in [0, 0.1) is 0 Å². The maximum atomic E-state index is 13.1. The van der Waals surface area contributed by atoms with Gasteiger partial charge in [0.15, 0.2) is 11.5 Å². The van der Waals surface area contributed by atoms with Crippen molar-refractivity contribution in [3.8, 4) is 22.6 Å². The summed E-state index contributed by atoms with van der Waals surface area (Å²) in [6, 6.07) is 4.75. The maximum absolute atomic E-state index is 13.1. The second-order valence-electron chi connectivity index (χ2n) is 5.80. The molecule has 0 aliphatic heterocycles. The van der Waals surface area contributed by atoms with Gasteiger partial charge in [0.2, 0.25) is 0 Å². The quantitative estimate of drug-likeness (QED) is 0.603. The Morgan fingerprint density at radius 1 is 1.22 bits per heavy atom. The van der Waals surface area contributed by atoms with Crippen LogP contribution in [0.2, 0.25) is 0 Å². The number of nitrogens with zero attached hydrogens (tertiary/aromatic N) is 2. The Balaban J connectivity index is 2.20. The third-order valence-electron chi connectivity index (χ3n) is 4.41. The van der Waals surface area contributed by atoms with E-state index in [-0.39, 0.29) is 5.56 Å². The van der Waals surface area contributed by atoms with Gasteiger partial charge in [-0.2, -0.15) is 0 Å². The Hall–Kier alpha value is -2.87. The van der Waals surface area contributed by atoms with E-state index in [0.717, 1.165) is 11.1 Å². The van der Waals surface area contributed by atoms with E-state index >= 15 is 0 Å². The van der Waals surface area contributed by atoms with Crippen molar-refractivity contribution in [3.05, 3.63) is 40.3 Å². The first-order chi connectivity index (χ1) is 13.0. The van der Waals surface area contributed by atoms with E-state index < -0.39 is 12.0 Å². The van der Waals surface area contributed by atoms with Gasteiger partial charge < -0.3 is 14.2 Å². The summed E-state index contributed by atoms with van der Waals surface area (Å²) in [6.45, 7) is 1.82. The fourth-order valence-electron chi connectivity index (χ4n) is 3.00. The topological polar surface area (TPSA) is 79.7 Å². The molecule has 0 amide bonds. The van der Waals surface area contributed by atoms with Gasteiger partial charge in [-0.25, -0.2) is 9.78 Å².